The third kappa shape index (κ3) is 5.49. The molecular formula is C23H16ClFINO2. The minimum atomic E-state index is -0.387. The largest absolute Gasteiger partial charge is 0.493 e. The van der Waals surface area contributed by atoms with Gasteiger partial charge in [-0.2, -0.15) is 5.26 Å². The van der Waals surface area contributed by atoms with E-state index in [0.29, 0.717) is 34.3 Å². The summed E-state index contributed by atoms with van der Waals surface area (Å²) in [6.07, 6.45) is 1.70. The maximum absolute atomic E-state index is 13.5. The Labute approximate surface area is 187 Å². The highest BCUT2D eigenvalue weighted by molar-refractivity contribution is 14.1. The summed E-state index contributed by atoms with van der Waals surface area (Å²) < 4.78 is 25.8. The quantitative estimate of drug-likeness (QED) is 0.206. The number of methoxy groups -OCH3 is 1. The van der Waals surface area contributed by atoms with Gasteiger partial charge in [0.25, 0.3) is 0 Å². The van der Waals surface area contributed by atoms with Crippen LogP contribution in [0.15, 0.2) is 60.7 Å². The molecule has 6 heteroatoms. The molecule has 0 aliphatic rings. The topological polar surface area (TPSA) is 42.2 Å². The zero-order valence-electron chi connectivity index (χ0n) is 15.5. The lowest BCUT2D eigenvalue weighted by Gasteiger charge is -2.14. The van der Waals surface area contributed by atoms with Gasteiger partial charge in [0, 0.05) is 5.02 Å². The first-order valence-corrected chi connectivity index (χ1v) is 10.1. The maximum atomic E-state index is 13.5. The van der Waals surface area contributed by atoms with Crippen LogP contribution in [0.3, 0.4) is 0 Å². The van der Waals surface area contributed by atoms with Crippen molar-refractivity contribution in [1.29, 1.82) is 5.26 Å². The Hall–Kier alpha value is -2.56. The molecule has 0 N–H and O–H groups in total. The number of ether oxygens (including phenoxy) is 2. The molecule has 0 saturated heterocycles. The SMILES string of the molecule is COc1cc(/C=C(\C#N)c2cccc(F)c2)cc(I)c1OCc1ccc(Cl)cc1. The summed E-state index contributed by atoms with van der Waals surface area (Å²) >= 11 is 8.08. The van der Waals surface area contributed by atoms with E-state index in [4.69, 9.17) is 21.1 Å². The molecule has 3 rings (SSSR count). The number of allylic oxidation sites excluding steroid dienone is 1. The molecule has 3 aromatic carbocycles. The molecule has 0 saturated carbocycles. The Morgan fingerprint density at radius 1 is 1.17 bits per heavy atom. The van der Waals surface area contributed by atoms with Gasteiger partial charge in [0.15, 0.2) is 11.5 Å². The zero-order chi connectivity index (χ0) is 20.8. The molecule has 0 heterocycles. The maximum Gasteiger partial charge on any atom is 0.174 e. The average Bonchev–Trinajstić information content (AvgIpc) is 2.72. The second kappa shape index (κ2) is 9.77. The van der Waals surface area contributed by atoms with Crippen molar-refractivity contribution in [1.82, 2.24) is 0 Å². The summed E-state index contributed by atoms with van der Waals surface area (Å²) in [6.45, 7) is 0.367. The monoisotopic (exact) mass is 519 g/mol. The van der Waals surface area contributed by atoms with Crippen LogP contribution in [0.5, 0.6) is 11.5 Å². The molecule has 0 unspecified atom stereocenters. The minimum absolute atomic E-state index is 0.359. The second-order valence-corrected chi connectivity index (χ2v) is 7.73. The Kier molecular flexibility index (Phi) is 7.13. The molecule has 146 valence electrons. The lowest BCUT2D eigenvalue weighted by atomic mass is 10.0. The normalized spacial score (nSPS) is 11.1. The number of nitriles is 1. The van der Waals surface area contributed by atoms with Crippen molar-refractivity contribution in [2.45, 2.75) is 6.61 Å². The van der Waals surface area contributed by atoms with Crippen LogP contribution >= 0.6 is 34.2 Å². The van der Waals surface area contributed by atoms with Crippen molar-refractivity contribution < 1.29 is 13.9 Å². The standard InChI is InChI=1S/C23H16ClFINO2/c1-28-22-11-16(9-18(13-27)17-3-2-4-20(25)12-17)10-21(26)23(22)29-14-15-5-7-19(24)8-6-15/h2-12H,14H2,1H3/b18-9+. The number of nitrogens with zero attached hydrogens (tertiary/aromatic N) is 1. The van der Waals surface area contributed by atoms with Crippen LogP contribution in [-0.2, 0) is 6.61 Å². The van der Waals surface area contributed by atoms with E-state index >= 15 is 0 Å². The zero-order valence-corrected chi connectivity index (χ0v) is 18.4. The number of halogens is 3. The van der Waals surface area contributed by atoms with Crippen molar-refractivity contribution in [2.24, 2.45) is 0 Å². The lowest BCUT2D eigenvalue weighted by Crippen LogP contribution is -2.00. The van der Waals surface area contributed by atoms with Gasteiger partial charge in [-0.05, 0) is 81.8 Å². The molecule has 0 aromatic heterocycles. The van der Waals surface area contributed by atoms with Crippen molar-refractivity contribution in [2.75, 3.05) is 7.11 Å². The Balaban J connectivity index is 1.89. The molecule has 0 bridgehead atoms. The van der Waals surface area contributed by atoms with Gasteiger partial charge in [0.2, 0.25) is 0 Å². The van der Waals surface area contributed by atoms with Crippen molar-refractivity contribution in [3.8, 4) is 17.6 Å². The molecule has 3 nitrogen and oxygen atoms in total. The van der Waals surface area contributed by atoms with Crippen LogP contribution in [-0.4, -0.2) is 7.11 Å². The summed E-state index contributed by atoms with van der Waals surface area (Å²) in [5, 5.41) is 10.2. The summed E-state index contributed by atoms with van der Waals surface area (Å²) in [4.78, 5) is 0. The van der Waals surface area contributed by atoms with Crippen LogP contribution in [0, 0.1) is 20.7 Å². The van der Waals surface area contributed by atoms with Gasteiger partial charge in [-0.1, -0.05) is 35.9 Å². The lowest BCUT2D eigenvalue weighted by molar-refractivity contribution is 0.282. The molecule has 29 heavy (non-hydrogen) atoms. The second-order valence-electron chi connectivity index (χ2n) is 6.13. The number of hydrogen-bond acceptors (Lipinski definition) is 3. The first kappa shape index (κ1) is 21.2. The van der Waals surface area contributed by atoms with Crippen molar-refractivity contribution >= 4 is 45.8 Å². The van der Waals surface area contributed by atoms with Gasteiger partial charge in [-0.25, -0.2) is 4.39 Å². The van der Waals surface area contributed by atoms with Crippen LogP contribution in [0.1, 0.15) is 16.7 Å². The van der Waals surface area contributed by atoms with Crippen molar-refractivity contribution in [3.05, 3.63) is 91.8 Å². The third-order valence-electron chi connectivity index (χ3n) is 4.12. The van der Waals surface area contributed by atoms with Crippen LogP contribution in [0.25, 0.3) is 11.6 Å². The minimum Gasteiger partial charge on any atom is -0.493 e. The van der Waals surface area contributed by atoms with E-state index in [2.05, 4.69) is 28.7 Å². The highest BCUT2D eigenvalue weighted by Gasteiger charge is 2.12. The first-order valence-electron chi connectivity index (χ1n) is 8.62. The molecule has 0 spiro atoms. The summed E-state index contributed by atoms with van der Waals surface area (Å²) in [6, 6.07) is 19.2. The van der Waals surface area contributed by atoms with E-state index in [-0.39, 0.29) is 5.82 Å². The fourth-order valence-electron chi connectivity index (χ4n) is 2.70. The Morgan fingerprint density at radius 2 is 1.93 bits per heavy atom. The van der Waals surface area contributed by atoms with Crippen LogP contribution < -0.4 is 9.47 Å². The smallest absolute Gasteiger partial charge is 0.174 e. The number of hydrogen-bond donors (Lipinski definition) is 0. The average molecular weight is 520 g/mol. The molecule has 0 radical (unpaired) electrons. The predicted octanol–water partition coefficient (Wildman–Crippen LogP) is 6.74. The van der Waals surface area contributed by atoms with E-state index < -0.39 is 0 Å². The van der Waals surface area contributed by atoms with Gasteiger partial charge in [0.05, 0.1) is 22.3 Å². The summed E-state index contributed by atoms with van der Waals surface area (Å²) in [5.41, 5.74) is 2.61. The molecule has 0 amide bonds. The van der Waals surface area contributed by atoms with Crippen LogP contribution in [0.4, 0.5) is 4.39 Å². The molecule has 0 fully saturated rings. The fraction of sp³-hybridized carbons (Fsp3) is 0.0870. The highest BCUT2D eigenvalue weighted by Crippen LogP contribution is 2.35. The summed E-state index contributed by atoms with van der Waals surface area (Å²) in [7, 11) is 1.56. The molecule has 0 aliphatic heterocycles. The Bertz CT molecular complexity index is 1090. The van der Waals surface area contributed by atoms with Gasteiger partial charge < -0.3 is 9.47 Å². The van der Waals surface area contributed by atoms with Crippen LogP contribution in [0.2, 0.25) is 5.02 Å². The fourth-order valence-corrected chi connectivity index (χ4v) is 3.61. The van der Waals surface area contributed by atoms with Gasteiger partial charge in [-0.3, -0.25) is 0 Å². The number of benzene rings is 3. The molecule has 0 atom stereocenters. The Morgan fingerprint density at radius 3 is 2.59 bits per heavy atom. The van der Waals surface area contributed by atoms with Gasteiger partial charge in [0.1, 0.15) is 12.4 Å². The number of rotatable bonds is 6. The first-order chi connectivity index (χ1) is 14.0. The highest BCUT2D eigenvalue weighted by atomic mass is 127. The van der Waals surface area contributed by atoms with E-state index in [0.717, 1.165) is 14.7 Å². The van der Waals surface area contributed by atoms with E-state index in [1.54, 1.807) is 31.4 Å². The van der Waals surface area contributed by atoms with E-state index in [9.17, 15) is 9.65 Å². The molecule has 3 aromatic rings. The summed E-state index contributed by atoms with van der Waals surface area (Å²) in [5.74, 6) is 0.778. The van der Waals surface area contributed by atoms with E-state index in [1.165, 1.54) is 12.1 Å². The van der Waals surface area contributed by atoms with Gasteiger partial charge >= 0.3 is 0 Å². The molecular weight excluding hydrogens is 504 g/mol. The predicted molar refractivity (Wildman–Crippen MR) is 121 cm³/mol. The van der Waals surface area contributed by atoms with Gasteiger partial charge in [-0.15, -0.1) is 0 Å². The van der Waals surface area contributed by atoms with Crippen molar-refractivity contribution in [3.63, 3.8) is 0 Å². The molecule has 0 aliphatic carbocycles. The van der Waals surface area contributed by atoms with E-state index in [1.807, 2.05) is 30.3 Å². The third-order valence-corrected chi connectivity index (χ3v) is 5.17.